The summed E-state index contributed by atoms with van der Waals surface area (Å²) < 4.78 is 0. The molecule has 1 aromatic carbocycles. The Hall–Kier alpha value is -2.43. The van der Waals surface area contributed by atoms with Crippen LogP contribution in [0.1, 0.15) is 38.2 Å². The van der Waals surface area contributed by atoms with E-state index < -0.39 is 0 Å². The van der Waals surface area contributed by atoms with Gasteiger partial charge in [0.25, 0.3) is 0 Å². The summed E-state index contributed by atoms with van der Waals surface area (Å²) >= 11 is 0. The van der Waals surface area contributed by atoms with E-state index in [1.165, 1.54) is 5.56 Å². The minimum Gasteiger partial charge on any atom is -0.356 e. The normalized spacial score (nSPS) is 15.1. The van der Waals surface area contributed by atoms with Crippen molar-refractivity contribution >= 4 is 11.7 Å². The highest BCUT2D eigenvalue weighted by Crippen LogP contribution is 2.24. The molecular weight excluding hydrogens is 324 g/mol. The van der Waals surface area contributed by atoms with Gasteiger partial charge >= 0.3 is 0 Å². The molecule has 0 aliphatic carbocycles. The third-order valence-corrected chi connectivity index (χ3v) is 4.98. The minimum absolute atomic E-state index is 0.127. The fourth-order valence-electron chi connectivity index (χ4n) is 3.36. The van der Waals surface area contributed by atoms with Crippen LogP contribution in [-0.4, -0.2) is 35.7 Å². The summed E-state index contributed by atoms with van der Waals surface area (Å²) in [4.78, 5) is 14.4. The van der Waals surface area contributed by atoms with E-state index in [2.05, 4.69) is 52.5 Å². The molecule has 26 heavy (non-hydrogen) atoms. The quantitative estimate of drug-likeness (QED) is 0.807. The molecule has 5 nitrogen and oxygen atoms in total. The highest BCUT2D eigenvalue weighted by molar-refractivity contribution is 5.78. The molecule has 138 valence electrons. The van der Waals surface area contributed by atoms with Gasteiger partial charge in [-0.2, -0.15) is 0 Å². The molecule has 0 bridgehead atoms. The number of carbonyl (C=O) groups is 1. The summed E-state index contributed by atoms with van der Waals surface area (Å²) in [5.74, 6) is 1.23. The van der Waals surface area contributed by atoms with Crippen molar-refractivity contribution < 1.29 is 4.79 Å². The topological polar surface area (TPSA) is 58.1 Å². The van der Waals surface area contributed by atoms with Gasteiger partial charge in [-0.05, 0) is 44.4 Å². The summed E-state index contributed by atoms with van der Waals surface area (Å²) in [6.07, 6.45) is 3.90. The van der Waals surface area contributed by atoms with Crippen LogP contribution in [0.2, 0.25) is 0 Å². The SMILES string of the molecule is CCCCNC(=O)C1CCN(c2ccc(-c3cccc(C)c3)nn2)CC1. The summed E-state index contributed by atoms with van der Waals surface area (Å²) in [5, 5.41) is 11.9. The molecule has 0 atom stereocenters. The summed E-state index contributed by atoms with van der Waals surface area (Å²) in [5.41, 5.74) is 3.20. The van der Waals surface area contributed by atoms with Crippen molar-refractivity contribution in [1.82, 2.24) is 15.5 Å². The number of rotatable bonds is 6. The van der Waals surface area contributed by atoms with Gasteiger partial charge in [-0.3, -0.25) is 4.79 Å². The number of anilines is 1. The average Bonchev–Trinajstić information content (AvgIpc) is 2.68. The highest BCUT2D eigenvalue weighted by atomic mass is 16.1. The molecule has 2 aromatic rings. The number of benzene rings is 1. The zero-order chi connectivity index (χ0) is 18.4. The molecule has 0 radical (unpaired) electrons. The molecule has 1 saturated heterocycles. The first-order valence-electron chi connectivity index (χ1n) is 9.61. The molecular formula is C21H28N4O. The number of nitrogens with one attached hydrogen (secondary N) is 1. The van der Waals surface area contributed by atoms with Crippen molar-refractivity contribution in [2.24, 2.45) is 5.92 Å². The van der Waals surface area contributed by atoms with Gasteiger partial charge in [-0.15, -0.1) is 10.2 Å². The first-order chi connectivity index (χ1) is 12.7. The number of aromatic nitrogens is 2. The Morgan fingerprint density at radius 1 is 1.19 bits per heavy atom. The zero-order valence-electron chi connectivity index (χ0n) is 15.7. The van der Waals surface area contributed by atoms with Gasteiger partial charge in [0.15, 0.2) is 5.82 Å². The molecule has 5 heteroatoms. The van der Waals surface area contributed by atoms with Crippen molar-refractivity contribution in [2.45, 2.75) is 39.5 Å². The lowest BCUT2D eigenvalue weighted by atomic mass is 9.96. The molecule has 1 amide bonds. The largest absolute Gasteiger partial charge is 0.356 e. The fourth-order valence-corrected chi connectivity index (χ4v) is 3.36. The number of unbranched alkanes of at least 4 members (excludes halogenated alkanes) is 1. The van der Waals surface area contributed by atoms with Gasteiger partial charge in [0.05, 0.1) is 5.69 Å². The number of hydrogen-bond acceptors (Lipinski definition) is 4. The standard InChI is InChI=1S/C21H28N4O/c1-3-4-12-22-21(26)17-10-13-25(14-11-17)20-9-8-19(23-24-20)18-7-5-6-16(2)15-18/h5-9,15,17H,3-4,10-14H2,1-2H3,(H,22,26). The molecule has 0 unspecified atom stereocenters. The van der Waals surface area contributed by atoms with E-state index in [0.29, 0.717) is 0 Å². The van der Waals surface area contributed by atoms with Crippen LogP contribution in [-0.2, 0) is 4.79 Å². The van der Waals surface area contributed by atoms with Crippen LogP contribution in [0.3, 0.4) is 0 Å². The van der Waals surface area contributed by atoms with Crippen LogP contribution >= 0.6 is 0 Å². The lowest BCUT2D eigenvalue weighted by Gasteiger charge is -2.31. The molecule has 3 rings (SSSR count). The lowest BCUT2D eigenvalue weighted by Crippen LogP contribution is -2.41. The monoisotopic (exact) mass is 352 g/mol. The van der Waals surface area contributed by atoms with E-state index in [9.17, 15) is 4.79 Å². The zero-order valence-corrected chi connectivity index (χ0v) is 15.7. The van der Waals surface area contributed by atoms with Crippen molar-refractivity contribution in [3.05, 3.63) is 42.0 Å². The van der Waals surface area contributed by atoms with E-state index in [1.807, 2.05) is 18.2 Å². The Bertz CT molecular complexity index is 721. The predicted molar refractivity (Wildman–Crippen MR) is 105 cm³/mol. The van der Waals surface area contributed by atoms with Gasteiger partial charge in [0.1, 0.15) is 0 Å². The second-order valence-electron chi connectivity index (χ2n) is 7.05. The maximum absolute atomic E-state index is 12.2. The Kier molecular flexibility index (Phi) is 6.21. The second kappa shape index (κ2) is 8.79. The van der Waals surface area contributed by atoms with Gasteiger partial charge in [-0.1, -0.05) is 37.1 Å². The van der Waals surface area contributed by atoms with E-state index in [0.717, 1.165) is 62.4 Å². The maximum Gasteiger partial charge on any atom is 0.223 e. The van der Waals surface area contributed by atoms with Gasteiger partial charge in [0.2, 0.25) is 5.91 Å². The van der Waals surface area contributed by atoms with Crippen molar-refractivity contribution in [2.75, 3.05) is 24.5 Å². The molecule has 1 aromatic heterocycles. The third-order valence-electron chi connectivity index (χ3n) is 4.98. The molecule has 1 N–H and O–H groups in total. The Morgan fingerprint density at radius 2 is 2.00 bits per heavy atom. The summed E-state index contributed by atoms with van der Waals surface area (Å²) in [7, 11) is 0. The summed E-state index contributed by atoms with van der Waals surface area (Å²) in [6.45, 7) is 6.71. The molecule has 0 spiro atoms. The third kappa shape index (κ3) is 4.59. The Labute approximate surface area is 155 Å². The van der Waals surface area contributed by atoms with Crippen molar-refractivity contribution in [3.8, 4) is 11.3 Å². The van der Waals surface area contributed by atoms with Crippen LogP contribution < -0.4 is 10.2 Å². The summed E-state index contributed by atoms with van der Waals surface area (Å²) in [6, 6.07) is 12.4. The van der Waals surface area contributed by atoms with Gasteiger partial charge in [-0.25, -0.2) is 0 Å². The Morgan fingerprint density at radius 3 is 2.65 bits per heavy atom. The van der Waals surface area contributed by atoms with Crippen LogP contribution in [0.15, 0.2) is 36.4 Å². The number of carbonyl (C=O) groups excluding carboxylic acids is 1. The maximum atomic E-state index is 12.2. The second-order valence-corrected chi connectivity index (χ2v) is 7.05. The van der Waals surface area contributed by atoms with Crippen molar-refractivity contribution in [3.63, 3.8) is 0 Å². The number of aryl methyl sites for hydroxylation is 1. The molecule has 2 heterocycles. The van der Waals surface area contributed by atoms with Crippen LogP contribution in [0.5, 0.6) is 0 Å². The van der Waals surface area contributed by atoms with Crippen LogP contribution in [0, 0.1) is 12.8 Å². The smallest absolute Gasteiger partial charge is 0.223 e. The van der Waals surface area contributed by atoms with E-state index in [4.69, 9.17) is 0 Å². The van der Waals surface area contributed by atoms with E-state index in [1.54, 1.807) is 0 Å². The van der Waals surface area contributed by atoms with Crippen LogP contribution in [0.25, 0.3) is 11.3 Å². The van der Waals surface area contributed by atoms with Crippen LogP contribution in [0.4, 0.5) is 5.82 Å². The van der Waals surface area contributed by atoms with E-state index in [-0.39, 0.29) is 11.8 Å². The minimum atomic E-state index is 0.127. The van der Waals surface area contributed by atoms with Gasteiger partial charge < -0.3 is 10.2 Å². The van der Waals surface area contributed by atoms with Crippen molar-refractivity contribution in [1.29, 1.82) is 0 Å². The van der Waals surface area contributed by atoms with E-state index >= 15 is 0 Å². The molecule has 1 fully saturated rings. The molecule has 1 aliphatic rings. The number of hydrogen-bond donors (Lipinski definition) is 1. The fraction of sp³-hybridized carbons (Fsp3) is 0.476. The predicted octanol–water partition coefficient (Wildman–Crippen LogP) is 3.58. The number of piperidine rings is 1. The number of nitrogens with zero attached hydrogens (tertiary/aromatic N) is 3. The highest BCUT2D eigenvalue weighted by Gasteiger charge is 2.25. The first kappa shape index (κ1) is 18.4. The average molecular weight is 352 g/mol. The lowest BCUT2D eigenvalue weighted by molar-refractivity contribution is -0.125. The molecule has 1 aliphatic heterocycles. The number of amides is 1. The molecule has 0 saturated carbocycles. The van der Waals surface area contributed by atoms with Gasteiger partial charge in [0, 0.05) is 31.1 Å². The Balaban J connectivity index is 1.55. The first-order valence-corrected chi connectivity index (χ1v) is 9.61.